The van der Waals surface area contributed by atoms with Crippen LogP contribution in [0.3, 0.4) is 0 Å². The van der Waals surface area contributed by atoms with Gasteiger partial charge >= 0.3 is 0 Å². The van der Waals surface area contributed by atoms with Crippen molar-refractivity contribution in [1.29, 1.82) is 0 Å². The molecule has 0 radical (unpaired) electrons. The summed E-state index contributed by atoms with van der Waals surface area (Å²) in [4.78, 5) is 12.7. The molecule has 0 saturated carbocycles. The Morgan fingerprint density at radius 3 is 2.95 bits per heavy atom. The summed E-state index contributed by atoms with van der Waals surface area (Å²) in [6.07, 6.45) is 4.20. The monoisotopic (exact) mass is 322 g/mol. The minimum atomic E-state index is 0.526. The Balaban J connectivity index is 1.93. The first-order chi connectivity index (χ1) is 9.29. The van der Waals surface area contributed by atoms with Crippen LogP contribution in [0.4, 0.5) is 5.95 Å². The number of pyridine rings is 1. The molecule has 2 aromatic rings. The second-order valence-corrected chi connectivity index (χ2v) is 4.65. The zero-order valence-corrected chi connectivity index (χ0v) is 12.2. The molecule has 0 bridgehead atoms. The highest BCUT2D eigenvalue weighted by Crippen LogP contribution is 2.22. The molecule has 100 valence electrons. The predicted octanol–water partition coefficient (Wildman–Crippen LogP) is 2.69. The standard InChI is InChI=1S/C13H15BrN4O/c1-2-15-13-17-9-11(14)12(18-13)19-8-6-10-5-3-4-7-16-10/h3-5,7,9H,2,6,8H2,1H3,(H,15,17,18). The molecule has 1 N–H and O–H groups in total. The number of rotatable bonds is 6. The Hall–Kier alpha value is -1.69. The van der Waals surface area contributed by atoms with Crippen LogP contribution in [0.5, 0.6) is 5.88 Å². The summed E-state index contributed by atoms with van der Waals surface area (Å²) in [5.41, 5.74) is 1.000. The van der Waals surface area contributed by atoms with Crippen LogP contribution in [-0.2, 0) is 6.42 Å². The van der Waals surface area contributed by atoms with E-state index in [1.807, 2.05) is 25.1 Å². The molecule has 2 rings (SSSR count). The van der Waals surface area contributed by atoms with Gasteiger partial charge in [-0.2, -0.15) is 4.98 Å². The molecule has 0 atom stereocenters. The Labute approximate surface area is 120 Å². The first-order valence-electron chi connectivity index (χ1n) is 6.08. The fourth-order valence-electron chi connectivity index (χ4n) is 1.49. The number of aromatic nitrogens is 3. The lowest BCUT2D eigenvalue weighted by molar-refractivity contribution is 0.306. The van der Waals surface area contributed by atoms with Crippen molar-refractivity contribution in [2.45, 2.75) is 13.3 Å². The normalized spacial score (nSPS) is 10.2. The fraction of sp³-hybridized carbons (Fsp3) is 0.308. The Bertz CT molecular complexity index is 521. The lowest BCUT2D eigenvalue weighted by Gasteiger charge is -2.08. The van der Waals surface area contributed by atoms with Crippen molar-refractivity contribution in [3.8, 4) is 5.88 Å². The van der Waals surface area contributed by atoms with E-state index >= 15 is 0 Å². The van der Waals surface area contributed by atoms with Crippen molar-refractivity contribution in [2.24, 2.45) is 0 Å². The van der Waals surface area contributed by atoms with Gasteiger partial charge in [0.2, 0.25) is 11.8 Å². The van der Waals surface area contributed by atoms with E-state index < -0.39 is 0 Å². The minimum Gasteiger partial charge on any atom is -0.476 e. The fourth-order valence-corrected chi connectivity index (χ4v) is 1.80. The van der Waals surface area contributed by atoms with Gasteiger partial charge in [0, 0.05) is 24.9 Å². The second-order valence-electron chi connectivity index (χ2n) is 3.80. The highest BCUT2D eigenvalue weighted by atomic mass is 79.9. The number of hydrogen-bond donors (Lipinski definition) is 1. The quantitative estimate of drug-likeness (QED) is 0.886. The number of anilines is 1. The minimum absolute atomic E-state index is 0.526. The van der Waals surface area contributed by atoms with Gasteiger partial charge in [0.25, 0.3) is 0 Å². The summed E-state index contributed by atoms with van der Waals surface area (Å²) in [5.74, 6) is 1.11. The summed E-state index contributed by atoms with van der Waals surface area (Å²) in [6, 6.07) is 5.84. The maximum atomic E-state index is 5.65. The molecule has 2 heterocycles. The maximum absolute atomic E-state index is 5.65. The lowest BCUT2D eigenvalue weighted by atomic mass is 10.3. The van der Waals surface area contributed by atoms with E-state index in [2.05, 4.69) is 36.2 Å². The van der Waals surface area contributed by atoms with Gasteiger partial charge in [-0.05, 0) is 35.0 Å². The molecule has 19 heavy (non-hydrogen) atoms. The summed E-state index contributed by atoms with van der Waals surface area (Å²) in [5, 5.41) is 3.05. The van der Waals surface area contributed by atoms with E-state index in [9.17, 15) is 0 Å². The molecule has 0 saturated heterocycles. The molecule has 6 heteroatoms. The van der Waals surface area contributed by atoms with Gasteiger partial charge < -0.3 is 10.1 Å². The molecule has 0 aliphatic carbocycles. The zero-order valence-electron chi connectivity index (χ0n) is 10.6. The molecule has 2 aromatic heterocycles. The van der Waals surface area contributed by atoms with E-state index in [4.69, 9.17) is 4.74 Å². The molecule has 0 aliphatic heterocycles. The highest BCUT2D eigenvalue weighted by molar-refractivity contribution is 9.10. The molecule has 0 fully saturated rings. The Morgan fingerprint density at radius 1 is 1.32 bits per heavy atom. The average Bonchev–Trinajstić information content (AvgIpc) is 2.44. The molecule has 0 unspecified atom stereocenters. The van der Waals surface area contributed by atoms with Gasteiger partial charge in [0.05, 0.1) is 17.3 Å². The number of nitrogens with one attached hydrogen (secondary N) is 1. The van der Waals surface area contributed by atoms with E-state index in [1.165, 1.54) is 0 Å². The maximum Gasteiger partial charge on any atom is 0.232 e. The van der Waals surface area contributed by atoms with Crippen molar-refractivity contribution in [2.75, 3.05) is 18.5 Å². The van der Waals surface area contributed by atoms with Crippen molar-refractivity contribution in [3.05, 3.63) is 40.8 Å². The van der Waals surface area contributed by atoms with Crippen LogP contribution in [0.2, 0.25) is 0 Å². The van der Waals surface area contributed by atoms with Crippen LogP contribution >= 0.6 is 15.9 Å². The third-order valence-electron chi connectivity index (χ3n) is 2.37. The number of hydrogen-bond acceptors (Lipinski definition) is 5. The van der Waals surface area contributed by atoms with E-state index in [1.54, 1.807) is 12.4 Å². The molecule has 0 spiro atoms. The van der Waals surface area contributed by atoms with Crippen molar-refractivity contribution >= 4 is 21.9 Å². The van der Waals surface area contributed by atoms with Gasteiger partial charge in [-0.1, -0.05) is 6.07 Å². The average molecular weight is 323 g/mol. The molecule has 5 nitrogen and oxygen atoms in total. The zero-order chi connectivity index (χ0) is 13.5. The van der Waals surface area contributed by atoms with Crippen LogP contribution in [0.15, 0.2) is 35.1 Å². The first-order valence-corrected chi connectivity index (χ1v) is 6.88. The van der Waals surface area contributed by atoms with Crippen LogP contribution < -0.4 is 10.1 Å². The summed E-state index contributed by atoms with van der Waals surface area (Å²) >= 11 is 3.37. The summed E-state index contributed by atoms with van der Waals surface area (Å²) in [7, 11) is 0. The molecular weight excluding hydrogens is 308 g/mol. The first kappa shape index (κ1) is 13.7. The van der Waals surface area contributed by atoms with Crippen LogP contribution in [0.25, 0.3) is 0 Å². The van der Waals surface area contributed by atoms with Crippen LogP contribution in [0, 0.1) is 0 Å². The van der Waals surface area contributed by atoms with E-state index in [0.717, 1.165) is 23.1 Å². The van der Waals surface area contributed by atoms with Gasteiger partial charge in [0.15, 0.2) is 0 Å². The van der Waals surface area contributed by atoms with E-state index in [-0.39, 0.29) is 0 Å². The number of nitrogens with zero attached hydrogens (tertiary/aromatic N) is 3. The molecule has 0 aliphatic rings. The van der Waals surface area contributed by atoms with Gasteiger partial charge in [-0.25, -0.2) is 4.98 Å². The Morgan fingerprint density at radius 2 is 2.21 bits per heavy atom. The third-order valence-corrected chi connectivity index (χ3v) is 2.91. The summed E-state index contributed by atoms with van der Waals surface area (Å²) < 4.78 is 6.40. The summed E-state index contributed by atoms with van der Waals surface area (Å²) in [6.45, 7) is 3.29. The van der Waals surface area contributed by atoms with Crippen molar-refractivity contribution in [3.63, 3.8) is 0 Å². The number of ether oxygens (including phenoxy) is 1. The topological polar surface area (TPSA) is 59.9 Å². The third kappa shape index (κ3) is 4.17. The molecule has 0 amide bonds. The Kier molecular flexibility index (Phi) is 5.09. The van der Waals surface area contributed by atoms with E-state index in [0.29, 0.717) is 18.4 Å². The SMILES string of the molecule is CCNc1ncc(Br)c(OCCc2ccccn2)n1. The second kappa shape index (κ2) is 7.04. The molecular formula is C13H15BrN4O. The molecule has 0 aromatic carbocycles. The lowest BCUT2D eigenvalue weighted by Crippen LogP contribution is -2.07. The van der Waals surface area contributed by atoms with Crippen LogP contribution in [0.1, 0.15) is 12.6 Å². The number of halogens is 1. The highest BCUT2D eigenvalue weighted by Gasteiger charge is 2.06. The van der Waals surface area contributed by atoms with Gasteiger partial charge in [-0.3, -0.25) is 4.98 Å². The predicted molar refractivity (Wildman–Crippen MR) is 77.3 cm³/mol. The van der Waals surface area contributed by atoms with Crippen molar-refractivity contribution < 1.29 is 4.74 Å². The van der Waals surface area contributed by atoms with Crippen molar-refractivity contribution in [1.82, 2.24) is 15.0 Å². The smallest absolute Gasteiger partial charge is 0.232 e. The van der Waals surface area contributed by atoms with Gasteiger partial charge in [0.1, 0.15) is 0 Å². The largest absolute Gasteiger partial charge is 0.476 e. The van der Waals surface area contributed by atoms with Gasteiger partial charge in [-0.15, -0.1) is 0 Å². The van der Waals surface area contributed by atoms with Crippen LogP contribution in [-0.4, -0.2) is 28.1 Å².